The summed E-state index contributed by atoms with van der Waals surface area (Å²) >= 11 is 0. The number of nitrogens with zero attached hydrogens (tertiary/aromatic N) is 4. The third-order valence-corrected chi connectivity index (χ3v) is 6.31. The quantitative estimate of drug-likeness (QED) is 0.398. The molecule has 1 saturated carbocycles. The summed E-state index contributed by atoms with van der Waals surface area (Å²) in [6.07, 6.45) is 4.02. The van der Waals surface area contributed by atoms with Crippen molar-refractivity contribution < 1.29 is 14.3 Å². The number of nitrogens with one attached hydrogen (secondary N) is 4. The molecule has 3 aromatic rings. The molecule has 2 fully saturated rings. The molecule has 4 heterocycles. The highest BCUT2D eigenvalue weighted by atomic mass is 16.6. The Kier molecular flexibility index (Phi) is 5.82. The summed E-state index contributed by atoms with van der Waals surface area (Å²) in [5.74, 6) is 1.33. The molecule has 184 valence electrons. The molecule has 11 nitrogen and oxygen atoms in total. The highest BCUT2D eigenvalue weighted by molar-refractivity contribution is 5.99. The molecule has 3 aliphatic rings. The lowest BCUT2D eigenvalue weighted by molar-refractivity contribution is 0.0951. The van der Waals surface area contributed by atoms with Crippen LogP contribution in [0.4, 0.5) is 33.9 Å². The van der Waals surface area contributed by atoms with Crippen LogP contribution < -0.4 is 26.2 Å². The number of hydrogen-bond acceptors (Lipinski definition) is 9. The van der Waals surface area contributed by atoms with E-state index in [0.29, 0.717) is 42.1 Å². The minimum atomic E-state index is -0.432. The third-order valence-electron chi connectivity index (χ3n) is 6.31. The Hall–Kier alpha value is -4.25. The summed E-state index contributed by atoms with van der Waals surface area (Å²) in [7, 11) is 0. The number of cyclic esters (lactones) is 1. The van der Waals surface area contributed by atoms with Crippen LogP contribution in [0.2, 0.25) is 0 Å². The van der Waals surface area contributed by atoms with E-state index >= 15 is 0 Å². The van der Waals surface area contributed by atoms with Crippen LogP contribution in [-0.2, 0) is 17.7 Å². The fraction of sp³-hybridized carbons (Fsp3) is 0.320. The van der Waals surface area contributed by atoms with Crippen LogP contribution in [0.5, 0.6) is 0 Å². The summed E-state index contributed by atoms with van der Waals surface area (Å²) in [4.78, 5) is 39.9. The third kappa shape index (κ3) is 4.78. The summed E-state index contributed by atoms with van der Waals surface area (Å²) in [6.45, 7) is 2.56. The Morgan fingerprint density at radius 1 is 1.11 bits per heavy atom. The first-order valence-corrected chi connectivity index (χ1v) is 12.1. The van der Waals surface area contributed by atoms with Crippen LogP contribution >= 0.6 is 0 Å². The van der Waals surface area contributed by atoms with Crippen molar-refractivity contribution in [1.82, 2.24) is 25.6 Å². The molecule has 6 rings (SSSR count). The maximum atomic E-state index is 12.9. The zero-order chi connectivity index (χ0) is 24.5. The molecule has 2 aromatic heterocycles. The Labute approximate surface area is 207 Å². The topological polar surface area (TPSA) is 133 Å². The molecule has 11 heteroatoms. The molecule has 0 unspecified atom stereocenters. The van der Waals surface area contributed by atoms with E-state index in [2.05, 4.69) is 48.4 Å². The van der Waals surface area contributed by atoms with Crippen LogP contribution in [0.15, 0.2) is 42.6 Å². The number of benzene rings is 1. The minimum Gasteiger partial charge on any atom is -0.447 e. The fourth-order valence-electron chi connectivity index (χ4n) is 4.25. The maximum absolute atomic E-state index is 12.9. The van der Waals surface area contributed by atoms with Crippen LogP contribution in [0, 0.1) is 0 Å². The van der Waals surface area contributed by atoms with Crippen molar-refractivity contribution >= 4 is 41.1 Å². The smallest absolute Gasteiger partial charge is 0.415 e. The number of amides is 2. The van der Waals surface area contributed by atoms with Crippen molar-refractivity contribution in [2.75, 3.05) is 35.2 Å². The van der Waals surface area contributed by atoms with Gasteiger partial charge in [0.15, 0.2) is 0 Å². The highest BCUT2D eigenvalue weighted by Gasteiger charge is 2.27. The van der Waals surface area contributed by atoms with Crippen LogP contribution in [-0.4, -0.2) is 52.7 Å². The SMILES string of the molecule is O=C(NC1CC1)c1cnc(Nc2ccc3c(c2)CNCC3)nc1Nc1cccc(N2CCOC2=O)n1. The molecular weight excluding hydrogens is 460 g/mol. The monoisotopic (exact) mass is 486 g/mol. The molecular formula is C25H26N8O3. The molecule has 0 radical (unpaired) electrons. The van der Waals surface area contributed by atoms with Gasteiger partial charge in [0.1, 0.15) is 29.6 Å². The molecule has 2 aliphatic heterocycles. The zero-order valence-corrected chi connectivity index (χ0v) is 19.6. The van der Waals surface area contributed by atoms with E-state index in [1.165, 1.54) is 22.2 Å². The second-order valence-corrected chi connectivity index (χ2v) is 9.01. The van der Waals surface area contributed by atoms with E-state index in [1.54, 1.807) is 18.2 Å². The number of carbonyl (C=O) groups excluding carboxylic acids is 2. The number of pyridine rings is 1. The van der Waals surface area contributed by atoms with E-state index in [9.17, 15) is 9.59 Å². The first kappa shape index (κ1) is 22.2. The van der Waals surface area contributed by atoms with Crippen LogP contribution in [0.1, 0.15) is 34.3 Å². The predicted octanol–water partition coefficient (Wildman–Crippen LogP) is 2.85. The lowest BCUT2D eigenvalue weighted by Crippen LogP contribution is -2.27. The van der Waals surface area contributed by atoms with E-state index in [-0.39, 0.29) is 11.9 Å². The zero-order valence-electron chi connectivity index (χ0n) is 19.6. The van der Waals surface area contributed by atoms with Gasteiger partial charge >= 0.3 is 6.09 Å². The minimum absolute atomic E-state index is 0.190. The van der Waals surface area contributed by atoms with Crippen molar-refractivity contribution in [3.8, 4) is 0 Å². The molecule has 0 spiro atoms. The summed E-state index contributed by atoms with van der Waals surface area (Å²) in [5, 5.41) is 12.8. The van der Waals surface area contributed by atoms with Gasteiger partial charge in [0, 0.05) is 24.5 Å². The molecule has 4 N–H and O–H groups in total. The van der Waals surface area contributed by atoms with Gasteiger partial charge in [-0.25, -0.2) is 14.8 Å². The standard InChI is InChI=1S/C25H26N8O3/c34-23(28-17-6-7-17)19-14-27-24(29-18-5-4-15-8-9-26-13-16(15)12-18)32-22(19)31-20-2-1-3-21(30-20)33-10-11-36-25(33)35/h1-5,12,14,17,26H,6-11,13H2,(H,28,34)(H2,27,29,30,31,32). The molecule has 1 aliphatic carbocycles. The Morgan fingerprint density at radius 2 is 2.03 bits per heavy atom. The van der Waals surface area contributed by atoms with Gasteiger partial charge in [0.25, 0.3) is 5.91 Å². The Morgan fingerprint density at radius 3 is 2.86 bits per heavy atom. The lowest BCUT2D eigenvalue weighted by atomic mass is 10.0. The summed E-state index contributed by atoms with van der Waals surface area (Å²) in [6, 6.07) is 11.7. The first-order chi connectivity index (χ1) is 17.6. The van der Waals surface area contributed by atoms with Gasteiger partial charge in [-0.05, 0) is 61.2 Å². The number of hydrogen-bond donors (Lipinski definition) is 4. The van der Waals surface area contributed by atoms with Crippen molar-refractivity contribution in [3.63, 3.8) is 0 Å². The van der Waals surface area contributed by atoms with Gasteiger partial charge in [-0.15, -0.1) is 0 Å². The maximum Gasteiger partial charge on any atom is 0.415 e. The fourth-order valence-corrected chi connectivity index (χ4v) is 4.25. The number of rotatable bonds is 7. The van der Waals surface area contributed by atoms with Crippen molar-refractivity contribution in [3.05, 3.63) is 59.3 Å². The van der Waals surface area contributed by atoms with E-state index in [4.69, 9.17) is 4.74 Å². The van der Waals surface area contributed by atoms with Gasteiger partial charge in [-0.2, -0.15) is 4.98 Å². The molecule has 1 aromatic carbocycles. The summed E-state index contributed by atoms with van der Waals surface area (Å²) < 4.78 is 5.02. The molecule has 0 bridgehead atoms. The second kappa shape index (κ2) is 9.42. The van der Waals surface area contributed by atoms with Gasteiger partial charge < -0.3 is 26.0 Å². The van der Waals surface area contributed by atoms with Crippen molar-refractivity contribution in [2.45, 2.75) is 31.8 Å². The van der Waals surface area contributed by atoms with E-state index in [1.807, 2.05) is 6.07 Å². The first-order valence-electron chi connectivity index (χ1n) is 12.1. The Balaban J connectivity index is 1.28. The lowest BCUT2D eigenvalue weighted by Gasteiger charge is -2.18. The van der Waals surface area contributed by atoms with Gasteiger partial charge in [-0.3, -0.25) is 9.69 Å². The predicted molar refractivity (Wildman–Crippen MR) is 134 cm³/mol. The van der Waals surface area contributed by atoms with Gasteiger partial charge in [-0.1, -0.05) is 12.1 Å². The normalized spacial score (nSPS) is 16.8. The highest BCUT2D eigenvalue weighted by Crippen LogP contribution is 2.26. The van der Waals surface area contributed by atoms with Gasteiger partial charge in [0.05, 0.1) is 6.54 Å². The average Bonchev–Trinajstić information content (AvgIpc) is 3.60. The molecule has 0 atom stereocenters. The molecule has 1 saturated heterocycles. The average molecular weight is 487 g/mol. The van der Waals surface area contributed by atoms with Crippen LogP contribution in [0.3, 0.4) is 0 Å². The number of carbonyl (C=O) groups is 2. The largest absolute Gasteiger partial charge is 0.447 e. The van der Waals surface area contributed by atoms with E-state index < -0.39 is 6.09 Å². The van der Waals surface area contributed by atoms with Crippen LogP contribution in [0.25, 0.3) is 0 Å². The van der Waals surface area contributed by atoms with Crippen molar-refractivity contribution in [2.24, 2.45) is 0 Å². The summed E-state index contributed by atoms with van der Waals surface area (Å²) in [5.41, 5.74) is 3.76. The molecule has 36 heavy (non-hydrogen) atoms. The van der Waals surface area contributed by atoms with Gasteiger partial charge in [0.2, 0.25) is 5.95 Å². The number of fused-ring (bicyclic) bond motifs is 1. The Bertz CT molecular complexity index is 1330. The second-order valence-electron chi connectivity index (χ2n) is 9.01. The molecule has 2 amide bonds. The van der Waals surface area contributed by atoms with Crippen molar-refractivity contribution in [1.29, 1.82) is 0 Å². The number of anilines is 5. The van der Waals surface area contributed by atoms with E-state index in [0.717, 1.165) is 38.0 Å². The number of aromatic nitrogens is 3. The number of ether oxygens (including phenoxy) is 1.